The van der Waals surface area contributed by atoms with Crippen LogP contribution in [0.1, 0.15) is 34.3 Å². The van der Waals surface area contributed by atoms with Gasteiger partial charge < -0.3 is 23.8 Å². The van der Waals surface area contributed by atoms with Crippen molar-refractivity contribution in [3.63, 3.8) is 0 Å². The molecule has 0 radical (unpaired) electrons. The molecule has 1 aromatic heterocycles. The molecule has 0 bridgehead atoms. The highest BCUT2D eigenvalue weighted by Crippen LogP contribution is 2.41. The Bertz CT molecular complexity index is 1620. The first-order valence-electron chi connectivity index (χ1n) is 12.7. The molecular weight excluding hydrogens is 525 g/mol. The fourth-order valence-electron chi connectivity index (χ4n) is 4.97. The van der Waals surface area contributed by atoms with Gasteiger partial charge in [-0.3, -0.25) is 4.79 Å². The summed E-state index contributed by atoms with van der Waals surface area (Å²) in [5.74, 6) is 1.56. The molecule has 1 amide bonds. The number of hydrogen-bond donors (Lipinski definition) is 0. The molecule has 10 heteroatoms. The van der Waals surface area contributed by atoms with E-state index in [0.717, 1.165) is 11.5 Å². The molecule has 206 valence electrons. The molecule has 1 aliphatic carbocycles. The van der Waals surface area contributed by atoms with Crippen LogP contribution in [0.25, 0.3) is 22.2 Å². The average molecular weight is 551 g/mol. The van der Waals surface area contributed by atoms with Gasteiger partial charge in [-0.25, -0.2) is 4.98 Å². The fourth-order valence-corrected chi connectivity index (χ4v) is 4.97. The Morgan fingerprint density at radius 3 is 2.45 bits per heavy atom. The summed E-state index contributed by atoms with van der Waals surface area (Å²) >= 11 is 0. The number of carbonyl (C=O) groups is 1. The van der Waals surface area contributed by atoms with Crippen LogP contribution < -0.4 is 18.9 Å². The van der Waals surface area contributed by atoms with Crippen molar-refractivity contribution in [1.82, 2.24) is 9.88 Å². The third-order valence-corrected chi connectivity index (χ3v) is 7.10. The number of alkyl halides is 3. The third kappa shape index (κ3) is 4.74. The zero-order valence-electron chi connectivity index (χ0n) is 21.7. The highest BCUT2D eigenvalue weighted by Gasteiger charge is 2.39. The van der Waals surface area contributed by atoms with Crippen LogP contribution in [0.4, 0.5) is 13.2 Å². The number of aromatic nitrogens is 1. The van der Waals surface area contributed by atoms with Crippen LogP contribution in [0.5, 0.6) is 23.0 Å². The number of benzene rings is 3. The van der Waals surface area contributed by atoms with E-state index in [9.17, 15) is 18.0 Å². The summed E-state index contributed by atoms with van der Waals surface area (Å²) in [4.78, 5) is 20.2. The zero-order valence-corrected chi connectivity index (χ0v) is 21.7. The van der Waals surface area contributed by atoms with Crippen LogP contribution in [0.15, 0.2) is 60.7 Å². The zero-order chi connectivity index (χ0) is 28.0. The monoisotopic (exact) mass is 550 g/mol. The highest BCUT2D eigenvalue weighted by molar-refractivity contribution is 5.96. The number of carbonyl (C=O) groups excluding carboxylic acids is 1. The molecule has 1 aliphatic heterocycles. The number of fused-ring (bicyclic) bond motifs is 2. The topological polar surface area (TPSA) is 70.1 Å². The maximum absolute atomic E-state index is 13.8. The number of methoxy groups -OCH3 is 2. The Morgan fingerprint density at radius 2 is 1.75 bits per heavy atom. The summed E-state index contributed by atoms with van der Waals surface area (Å²) in [5.41, 5.74) is 1.08. The Balaban J connectivity index is 1.50. The van der Waals surface area contributed by atoms with Gasteiger partial charge in [0.2, 0.25) is 6.79 Å². The first kappa shape index (κ1) is 25.8. The maximum Gasteiger partial charge on any atom is 0.417 e. The molecule has 7 nitrogen and oxygen atoms in total. The van der Waals surface area contributed by atoms with E-state index >= 15 is 0 Å². The van der Waals surface area contributed by atoms with E-state index in [4.69, 9.17) is 23.9 Å². The molecule has 0 N–H and O–H groups in total. The van der Waals surface area contributed by atoms with E-state index in [2.05, 4.69) is 0 Å². The maximum atomic E-state index is 13.8. The van der Waals surface area contributed by atoms with Gasteiger partial charge in [0.15, 0.2) is 11.5 Å². The van der Waals surface area contributed by atoms with Crippen LogP contribution in [0.3, 0.4) is 0 Å². The number of amides is 1. The molecule has 2 aliphatic rings. The molecule has 0 spiro atoms. The van der Waals surface area contributed by atoms with E-state index in [-0.39, 0.29) is 24.9 Å². The molecule has 1 fully saturated rings. The Hall–Kier alpha value is -4.47. The minimum Gasteiger partial charge on any atom is -0.497 e. The second kappa shape index (κ2) is 9.93. The fraction of sp³-hybridized carbons (Fsp3) is 0.267. The number of pyridine rings is 1. The number of rotatable bonds is 7. The summed E-state index contributed by atoms with van der Waals surface area (Å²) in [6.07, 6.45) is -3.25. The molecule has 3 aromatic carbocycles. The van der Waals surface area contributed by atoms with E-state index in [1.165, 1.54) is 30.2 Å². The molecule has 0 unspecified atom stereocenters. The van der Waals surface area contributed by atoms with Gasteiger partial charge >= 0.3 is 6.18 Å². The van der Waals surface area contributed by atoms with Crippen molar-refractivity contribution < 1.29 is 36.9 Å². The molecular formula is C30H25F3N2O5. The molecule has 40 heavy (non-hydrogen) atoms. The third-order valence-electron chi connectivity index (χ3n) is 7.10. The molecule has 0 saturated heterocycles. The van der Waals surface area contributed by atoms with Crippen LogP contribution in [0.2, 0.25) is 0 Å². The Kier molecular flexibility index (Phi) is 6.40. The van der Waals surface area contributed by atoms with Crippen molar-refractivity contribution >= 4 is 16.8 Å². The van der Waals surface area contributed by atoms with Crippen LogP contribution in [-0.2, 0) is 12.7 Å². The molecule has 4 aromatic rings. The lowest BCUT2D eigenvalue weighted by atomic mass is 10.00. The second-order valence-electron chi connectivity index (χ2n) is 9.67. The Labute approximate surface area is 228 Å². The van der Waals surface area contributed by atoms with Gasteiger partial charge in [0.05, 0.1) is 36.6 Å². The minimum absolute atomic E-state index is 0.0444. The van der Waals surface area contributed by atoms with E-state index in [1.807, 2.05) is 12.1 Å². The van der Waals surface area contributed by atoms with Crippen LogP contribution in [-0.4, -0.2) is 42.8 Å². The smallest absolute Gasteiger partial charge is 0.417 e. The van der Waals surface area contributed by atoms with Crippen molar-refractivity contribution in [1.29, 1.82) is 0 Å². The first-order valence-corrected chi connectivity index (χ1v) is 12.7. The lowest BCUT2D eigenvalue weighted by molar-refractivity contribution is -0.138. The van der Waals surface area contributed by atoms with Gasteiger partial charge in [0.25, 0.3) is 5.91 Å². The standard InChI is InChI=1S/C30H25F3N2O5/c1-37-20-9-10-25(38-2)22(13-20)28-18(11-17-12-26-27(40-16-39-26)14-24(17)34-28)15-35(19-7-8-19)29(36)21-5-3-4-6-23(21)30(31,32)33/h3-6,9-14,19H,7-8,15-16H2,1-2H3. The van der Waals surface area contributed by atoms with Crippen molar-refractivity contribution in [2.24, 2.45) is 0 Å². The molecule has 6 rings (SSSR count). The van der Waals surface area contributed by atoms with Crippen LogP contribution >= 0.6 is 0 Å². The number of nitrogens with zero attached hydrogens (tertiary/aromatic N) is 2. The lowest BCUT2D eigenvalue weighted by Gasteiger charge is -2.26. The van der Waals surface area contributed by atoms with Gasteiger partial charge in [0, 0.05) is 29.6 Å². The highest BCUT2D eigenvalue weighted by atomic mass is 19.4. The van der Waals surface area contributed by atoms with Crippen LogP contribution in [0, 0.1) is 0 Å². The van der Waals surface area contributed by atoms with Crippen molar-refractivity contribution in [2.75, 3.05) is 21.0 Å². The number of halogens is 3. The molecule has 2 heterocycles. The quantitative estimate of drug-likeness (QED) is 0.263. The predicted molar refractivity (Wildman–Crippen MR) is 141 cm³/mol. The van der Waals surface area contributed by atoms with Gasteiger partial charge in [-0.15, -0.1) is 0 Å². The summed E-state index contributed by atoms with van der Waals surface area (Å²) < 4.78 is 63.6. The second-order valence-corrected chi connectivity index (χ2v) is 9.67. The van der Waals surface area contributed by atoms with E-state index in [0.29, 0.717) is 58.2 Å². The summed E-state index contributed by atoms with van der Waals surface area (Å²) in [6.45, 7) is 0.139. The number of hydrogen-bond acceptors (Lipinski definition) is 6. The van der Waals surface area contributed by atoms with Gasteiger partial charge in [-0.05, 0) is 60.9 Å². The SMILES string of the molecule is COc1ccc(OC)c(-c2nc3cc4c(cc3cc2CN(C(=O)c2ccccc2C(F)(F)F)C2CC2)OCO4)c1. The Morgan fingerprint density at radius 1 is 1.00 bits per heavy atom. The minimum atomic E-state index is -4.66. The van der Waals surface area contributed by atoms with Gasteiger partial charge in [0.1, 0.15) is 11.5 Å². The van der Waals surface area contributed by atoms with Crippen molar-refractivity contribution in [3.05, 3.63) is 77.4 Å². The lowest BCUT2D eigenvalue weighted by Crippen LogP contribution is -2.34. The largest absolute Gasteiger partial charge is 0.497 e. The molecule has 1 saturated carbocycles. The molecule has 0 atom stereocenters. The summed E-state index contributed by atoms with van der Waals surface area (Å²) in [6, 6.07) is 15.5. The van der Waals surface area contributed by atoms with Crippen molar-refractivity contribution in [3.8, 4) is 34.3 Å². The predicted octanol–water partition coefficient (Wildman–Crippen LogP) is 6.47. The van der Waals surface area contributed by atoms with Gasteiger partial charge in [-0.1, -0.05) is 12.1 Å². The average Bonchev–Trinajstić information content (AvgIpc) is 3.70. The van der Waals surface area contributed by atoms with E-state index < -0.39 is 17.6 Å². The number of ether oxygens (including phenoxy) is 4. The van der Waals surface area contributed by atoms with Gasteiger partial charge in [-0.2, -0.15) is 13.2 Å². The van der Waals surface area contributed by atoms with E-state index in [1.54, 1.807) is 31.4 Å². The van der Waals surface area contributed by atoms with Crippen molar-refractivity contribution in [2.45, 2.75) is 31.6 Å². The normalized spacial score (nSPS) is 14.3. The summed E-state index contributed by atoms with van der Waals surface area (Å²) in [7, 11) is 3.09. The first-order chi connectivity index (χ1) is 19.3. The summed E-state index contributed by atoms with van der Waals surface area (Å²) in [5, 5.41) is 0.740.